The third-order valence-electron chi connectivity index (χ3n) is 3.46. The molecule has 5 heteroatoms. The van der Waals surface area contributed by atoms with Gasteiger partial charge in [-0.3, -0.25) is 4.98 Å². The van der Waals surface area contributed by atoms with E-state index in [4.69, 9.17) is 0 Å². The van der Waals surface area contributed by atoms with Crippen LogP contribution in [0.25, 0.3) is 0 Å². The fraction of sp³-hybridized carbons (Fsp3) is 0.353. The summed E-state index contributed by atoms with van der Waals surface area (Å²) in [6, 6.07) is 11.0. The van der Waals surface area contributed by atoms with Crippen molar-refractivity contribution in [2.45, 2.75) is 32.6 Å². The van der Waals surface area contributed by atoms with Gasteiger partial charge in [-0.1, -0.05) is 49.7 Å². The highest BCUT2D eigenvalue weighted by Crippen LogP contribution is 2.22. The molecule has 0 aliphatic rings. The average Bonchev–Trinajstić information content (AvgIpc) is 2.45. The number of nitrogens with one attached hydrogen (secondary N) is 1. The van der Waals surface area contributed by atoms with E-state index >= 15 is 0 Å². The predicted molar refractivity (Wildman–Crippen MR) is 88.8 cm³/mol. The minimum absolute atomic E-state index is 0.0157. The quantitative estimate of drug-likeness (QED) is 0.889. The molecule has 118 valence electrons. The van der Waals surface area contributed by atoms with Crippen LogP contribution in [0.3, 0.4) is 0 Å². The van der Waals surface area contributed by atoms with Crippen molar-refractivity contribution in [2.24, 2.45) is 5.92 Å². The molecule has 0 saturated heterocycles. The van der Waals surface area contributed by atoms with Gasteiger partial charge < -0.3 is 0 Å². The van der Waals surface area contributed by atoms with Crippen molar-refractivity contribution in [1.82, 2.24) is 9.71 Å². The summed E-state index contributed by atoms with van der Waals surface area (Å²) in [5.74, 6) is 0.120. The number of aromatic nitrogens is 1. The van der Waals surface area contributed by atoms with Crippen molar-refractivity contribution >= 4 is 10.0 Å². The van der Waals surface area contributed by atoms with E-state index in [0.29, 0.717) is 0 Å². The Morgan fingerprint density at radius 3 is 2.55 bits per heavy atom. The molecule has 1 heterocycles. The summed E-state index contributed by atoms with van der Waals surface area (Å²) in [5, 5.41) is 0. The molecular formula is C17H22N2O2S. The molecule has 2 rings (SSSR count). The number of hydrogen-bond acceptors (Lipinski definition) is 3. The fourth-order valence-corrected chi connectivity index (χ4v) is 3.90. The van der Waals surface area contributed by atoms with E-state index in [1.807, 2.05) is 57.2 Å². The molecule has 0 aliphatic heterocycles. The SMILES string of the molecule is Cc1cccc(CS(=O)(=O)N[C@@H](c2cccnc2)C(C)C)c1. The summed E-state index contributed by atoms with van der Waals surface area (Å²) < 4.78 is 27.7. The fourth-order valence-electron chi connectivity index (χ4n) is 2.41. The smallest absolute Gasteiger partial charge is 0.216 e. The van der Waals surface area contributed by atoms with Gasteiger partial charge in [0.15, 0.2) is 0 Å². The Bertz CT molecular complexity index is 712. The molecule has 0 bridgehead atoms. The maximum atomic E-state index is 12.5. The maximum Gasteiger partial charge on any atom is 0.216 e. The van der Waals surface area contributed by atoms with Gasteiger partial charge in [-0.15, -0.1) is 0 Å². The first-order valence-electron chi connectivity index (χ1n) is 7.33. The standard InChI is InChI=1S/C17H22N2O2S/c1-13(2)17(16-8-5-9-18-11-16)19-22(20,21)12-15-7-4-6-14(3)10-15/h4-11,13,17,19H,12H2,1-3H3/t17-/m1/s1. The molecular weight excluding hydrogens is 296 g/mol. The van der Waals surface area contributed by atoms with Crippen LogP contribution in [-0.4, -0.2) is 13.4 Å². The van der Waals surface area contributed by atoms with Gasteiger partial charge >= 0.3 is 0 Å². The summed E-state index contributed by atoms with van der Waals surface area (Å²) in [6.07, 6.45) is 3.39. The molecule has 0 amide bonds. The zero-order valence-electron chi connectivity index (χ0n) is 13.2. The maximum absolute atomic E-state index is 12.5. The van der Waals surface area contributed by atoms with Crippen LogP contribution in [0.2, 0.25) is 0 Å². The normalized spacial score (nSPS) is 13.3. The number of rotatable bonds is 6. The van der Waals surface area contributed by atoms with Gasteiger partial charge in [-0.05, 0) is 30.0 Å². The van der Waals surface area contributed by atoms with Crippen LogP contribution in [0.15, 0.2) is 48.8 Å². The summed E-state index contributed by atoms with van der Waals surface area (Å²) >= 11 is 0. The predicted octanol–water partition coefficient (Wildman–Crippen LogP) is 3.21. The number of aryl methyl sites for hydroxylation is 1. The number of sulfonamides is 1. The van der Waals surface area contributed by atoms with Gasteiger partial charge in [-0.2, -0.15) is 0 Å². The van der Waals surface area contributed by atoms with Crippen LogP contribution in [0.4, 0.5) is 0 Å². The van der Waals surface area contributed by atoms with Gasteiger partial charge in [-0.25, -0.2) is 13.1 Å². The van der Waals surface area contributed by atoms with E-state index in [2.05, 4.69) is 9.71 Å². The van der Waals surface area contributed by atoms with Gasteiger partial charge in [0.2, 0.25) is 10.0 Å². The number of hydrogen-bond donors (Lipinski definition) is 1. The van der Waals surface area contributed by atoms with Crippen molar-refractivity contribution in [3.63, 3.8) is 0 Å². The summed E-state index contributed by atoms with van der Waals surface area (Å²) in [7, 11) is -3.42. The zero-order valence-corrected chi connectivity index (χ0v) is 14.0. The molecule has 0 spiro atoms. The number of pyridine rings is 1. The Kier molecular flexibility index (Phi) is 5.32. The van der Waals surface area contributed by atoms with Crippen LogP contribution >= 0.6 is 0 Å². The number of nitrogens with zero attached hydrogens (tertiary/aromatic N) is 1. The Hall–Kier alpha value is -1.72. The summed E-state index contributed by atoms with van der Waals surface area (Å²) in [4.78, 5) is 4.08. The largest absolute Gasteiger partial charge is 0.264 e. The van der Waals surface area contributed by atoms with E-state index in [0.717, 1.165) is 16.7 Å². The molecule has 0 unspecified atom stereocenters. The van der Waals surface area contributed by atoms with Gasteiger partial charge in [0.05, 0.1) is 11.8 Å². The monoisotopic (exact) mass is 318 g/mol. The van der Waals surface area contributed by atoms with E-state index in [9.17, 15) is 8.42 Å². The first kappa shape index (κ1) is 16.6. The third-order valence-corrected chi connectivity index (χ3v) is 4.78. The van der Waals surface area contributed by atoms with Crippen LogP contribution in [0, 0.1) is 12.8 Å². The second-order valence-electron chi connectivity index (χ2n) is 5.87. The lowest BCUT2D eigenvalue weighted by Gasteiger charge is -2.22. The van der Waals surface area contributed by atoms with E-state index in [1.54, 1.807) is 12.4 Å². The molecule has 0 fully saturated rings. The molecule has 0 radical (unpaired) electrons. The van der Waals surface area contributed by atoms with E-state index in [-0.39, 0.29) is 17.7 Å². The Balaban J connectivity index is 2.18. The Morgan fingerprint density at radius 2 is 1.95 bits per heavy atom. The molecule has 1 atom stereocenters. The number of benzene rings is 1. The average molecular weight is 318 g/mol. The zero-order chi connectivity index (χ0) is 16.2. The van der Waals surface area contributed by atoms with Gasteiger partial charge in [0.25, 0.3) is 0 Å². The highest BCUT2D eigenvalue weighted by atomic mass is 32.2. The van der Waals surface area contributed by atoms with Crippen molar-refractivity contribution in [2.75, 3.05) is 0 Å². The van der Waals surface area contributed by atoms with Gasteiger partial charge in [0, 0.05) is 12.4 Å². The lowest BCUT2D eigenvalue weighted by molar-refractivity contribution is 0.462. The molecule has 1 aromatic heterocycles. The topological polar surface area (TPSA) is 59.1 Å². The highest BCUT2D eigenvalue weighted by molar-refractivity contribution is 7.88. The molecule has 0 saturated carbocycles. The lowest BCUT2D eigenvalue weighted by atomic mass is 9.99. The minimum atomic E-state index is -3.42. The van der Waals surface area contributed by atoms with Crippen LogP contribution in [-0.2, 0) is 15.8 Å². The molecule has 1 N–H and O–H groups in total. The first-order valence-corrected chi connectivity index (χ1v) is 8.98. The van der Waals surface area contributed by atoms with Crippen molar-refractivity contribution < 1.29 is 8.42 Å². The molecule has 22 heavy (non-hydrogen) atoms. The second kappa shape index (κ2) is 7.03. The van der Waals surface area contributed by atoms with Crippen molar-refractivity contribution in [1.29, 1.82) is 0 Å². The van der Waals surface area contributed by atoms with Gasteiger partial charge in [0.1, 0.15) is 0 Å². The summed E-state index contributed by atoms with van der Waals surface area (Å²) in [5.41, 5.74) is 2.73. The molecule has 2 aromatic rings. The second-order valence-corrected chi connectivity index (χ2v) is 7.63. The third kappa shape index (κ3) is 4.64. The van der Waals surface area contributed by atoms with Crippen LogP contribution in [0.1, 0.15) is 36.6 Å². The van der Waals surface area contributed by atoms with Crippen molar-refractivity contribution in [3.8, 4) is 0 Å². The molecule has 1 aromatic carbocycles. The molecule has 4 nitrogen and oxygen atoms in total. The van der Waals surface area contributed by atoms with Crippen molar-refractivity contribution in [3.05, 3.63) is 65.5 Å². The molecule has 0 aliphatic carbocycles. The Labute approximate surface area is 132 Å². The Morgan fingerprint density at radius 1 is 1.18 bits per heavy atom. The minimum Gasteiger partial charge on any atom is -0.264 e. The lowest BCUT2D eigenvalue weighted by Crippen LogP contribution is -2.32. The van der Waals surface area contributed by atoms with E-state index < -0.39 is 10.0 Å². The first-order chi connectivity index (χ1) is 10.4. The van der Waals surface area contributed by atoms with E-state index in [1.165, 1.54) is 0 Å². The highest BCUT2D eigenvalue weighted by Gasteiger charge is 2.22. The summed E-state index contributed by atoms with van der Waals surface area (Å²) in [6.45, 7) is 5.94. The van der Waals surface area contributed by atoms with Crippen LogP contribution < -0.4 is 4.72 Å². The van der Waals surface area contributed by atoms with Crippen LogP contribution in [0.5, 0.6) is 0 Å².